The molecule has 0 radical (unpaired) electrons. The summed E-state index contributed by atoms with van der Waals surface area (Å²) in [5, 5.41) is 2.48. The third kappa shape index (κ3) is 2.69. The molecule has 2 amide bonds. The van der Waals surface area contributed by atoms with Crippen molar-refractivity contribution >= 4 is 11.8 Å². The second-order valence-corrected chi connectivity index (χ2v) is 3.13. The van der Waals surface area contributed by atoms with E-state index in [2.05, 4.69) is 5.32 Å². The van der Waals surface area contributed by atoms with Crippen molar-refractivity contribution in [1.82, 2.24) is 5.32 Å². The maximum absolute atomic E-state index is 11.3. The molecule has 5 heteroatoms. The van der Waals surface area contributed by atoms with Crippen LogP contribution >= 0.6 is 0 Å². The number of carbonyl (C=O) groups excluding carboxylic acids is 2. The molecule has 0 unspecified atom stereocenters. The lowest BCUT2D eigenvalue weighted by atomic mass is 10.2. The molecule has 1 saturated heterocycles. The molecule has 1 rings (SSSR count). The first kappa shape index (κ1) is 9.98. The minimum absolute atomic E-state index is 0.246. The molecule has 0 aliphatic carbocycles. The van der Waals surface area contributed by atoms with Gasteiger partial charge < -0.3 is 15.8 Å². The Balaban J connectivity index is 2.35. The highest BCUT2D eigenvalue weighted by molar-refractivity contribution is 5.88. The zero-order valence-electron chi connectivity index (χ0n) is 7.58. The van der Waals surface area contributed by atoms with E-state index < -0.39 is 18.1 Å². The lowest BCUT2D eigenvalue weighted by Gasteiger charge is -2.13. The van der Waals surface area contributed by atoms with Crippen molar-refractivity contribution in [2.75, 3.05) is 6.61 Å². The predicted octanol–water partition coefficient (Wildman–Crippen LogP) is -0.845. The van der Waals surface area contributed by atoms with Gasteiger partial charge in [0.05, 0.1) is 0 Å². The van der Waals surface area contributed by atoms with E-state index in [0.717, 1.165) is 12.8 Å². The summed E-state index contributed by atoms with van der Waals surface area (Å²) < 4.78 is 5.13. The van der Waals surface area contributed by atoms with Crippen molar-refractivity contribution in [2.24, 2.45) is 5.73 Å². The Morgan fingerprint density at radius 3 is 2.77 bits per heavy atom. The summed E-state index contributed by atoms with van der Waals surface area (Å²) >= 11 is 0. The largest absolute Gasteiger partial charge is 0.368 e. The number of hydrogen-bond acceptors (Lipinski definition) is 3. The topological polar surface area (TPSA) is 81.4 Å². The van der Waals surface area contributed by atoms with Crippen LogP contribution in [0.1, 0.15) is 19.8 Å². The van der Waals surface area contributed by atoms with Crippen molar-refractivity contribution in [3.8, 4) is 0 Å². The van der Waals surface area contributed by atoms with Gasteiger partial charge in [-0.2, -0.15) is 0 Å². The Morgan fingerprint density at radius 1 is 1.62 bits per heavy atom. The molecule has 0 bridgehead atoms. The van der Waals surface area contributed by atoms with Crippen LogP contribution in [0, 0.1) is 0 Å². The molecule has 0 aromatic carbocycles. The van der Waals surface area contributed by atoms with E-state index in [4.69, 9.17) is 10.5 Å². The van der Waals surface area contributed by atoms with Crippen LogP contribution in [-0.4, -0.2) is 30.6 Å². The molecule has 5 nitrogen and oxygen atoms in total. The lowest BCUT2D eigenvalue weighted by Crippen LogP contribution is -2.46. The fourth-order valence-corrected chi connectivity index (χ4v) is 1.16. The molecular weight excluding hydrogens is 172 g/mol. The Morgan fingerprint density at radius 2 is 2.31 bits per heavy atom. The lowest BCUT2D eigenvalue weighted by molar-refractivity contribution is -0.133. The molecule has 1 heterocycles. The standard InChI is InChI=1S/C8H14N2O3/c1-5(7(9)11)10-8(12)6-3-2-4-13-6/h5-6H,2-4H2,1H3,(H2,9,11)(H,10,12)/t5-,6+/m1/s1. The highest BCUT2D eigenvalue weighted by atomic mass is 16.5. The number of ether oxygens (including phenoxy) is 1. The summed E-state index contributed by atoms with van der Waals surface area (Å²) in [7, 11) is 0. The number of hydrogen-bond donors (Lipinski definition) is 2. The van der Waals surface area contributed by atoms with Gasteiger partial charge in [0.2, 0.25) is 11.8 Å². The zero-order chi connectivity index (χ0) is 9.84. The maximum Gasteiger partial charge on any atom is 0.249 e. The molecule has 13 heavy (non-hydrogen) atoms. The van der Waals surface area contributed by atoms with Crippen LogP contribution in [0.4, 0.5) is 0 Å². The number of nitrogens with two attached hydrogens (primary N) is 1. The van der Waals surface area contributed by atoms with Crippen LogP contribution in [0.2, 0.25) is 0 Å². The Labute approximate surface area is 76.6 Å². The summed E-state index contributed by atoms with van der Waals surface area (Å²) in [6.45, 7) is 2.16. The average Bonchev–Trinajstić information content (AvgIpc) is 2.55. The van der Waals surface area contributed by atoms with E-state index in [0.29, 0.717) is 6.61 Å². The van der Waals surface area contributed by atoms with Crippen LogP contribution in [-0.2, 0) is 14.3 Å². The van der Waals surface area contributed by atoms with Crippen LogP contribution in [0.5, 0.6) is 0 Å². The monoisotopic (exact) mass is 186 g/mol. The molecule has 2 atom stereocenters. The first-order valence-electron chi connectivity index (χ1n) is 4.32. The smallest absolute Gasteiger partial charge is 0.249 e. The van der Waals surface area contributed by atoms with Crippen molar-refractivity contribution in [1.29, 1.82) is 0 Å². The van der Waals surface area contributed by atoms with Crippen molar-refractivity contribution in [3.05, 3.63) is 0 Å². The van der Waals surface area contributed by atoms with Gasteiger partial charge in [-0.05, 0) is 19.8 Å². The summed E-state index contributed by atoms with van der Waals surface area (Å²) in [4.78, 5) is 21.9. The number of carbonyl (C=O) groups is 2. The molecular formula is C8H14N2O3. The number of primary amides is 1. The van der Waals surface area contributed by atoms with E-state index in [1.165, 1.54) is 0 Å². The number of amides is 2. The summed E-state index contributed by atoms with van der Waals surface area (Å²) in [5.74, 6) is -0.782. The third-order valence-corrected chi connectivity index (χ3v) is 2.01. The van der Waals surface area contributed by atoms with Crippen molar-refractivity contribution in [2.45, 2.75) is 31.9 Å². The minimum atomic E-state index is -0.628. The highest BCUT2D eigenvalue weighted by Crippen LogP contribution is 2.11. The normalized spacial score (nSPS) is 23.9. The third-order valence-electron chi connectivity index (χ3n) is 2.01. The van der Waals surface area contributed by atoms with E-state index in [1.54, 1.807) is 6.92 Å². The molecule has 0 saturated carbocycles. The van der Waals surface area contributed by atoms with Crippen molar-refractivity contribution in [3.63, 3.8) is 0 Å². The molecule has 1 aliphatic heterocycles. The Kier molecular flexibility index (Phi) is 3.25. The molecule has 0 spiro atoms. The van der Waals surface area contributed by atoms with Gasteiger partial charge in [-0.1, -0.05) is 0 Å². The van der Waals surface area contributed by atoms with Gasteiger partial charge in [0.1, 0.15) is 12.1 Å². The molecule has 0 aromatic rings. The quantitative estimate of drug-likeness (QED) is 0.602. The van der Waals surface area contributed by atoms with E-state index >= 15 is 0 Å². The second kappa shape index (κ2) is 4.23. The van der Waals surface area contributed by atoms with Gasteiger partial charge in [-0.15, -0.1) is 0 Å². The van der Waals surface area contributed by atoms with Gasteiger partial charge in [0.15, 0.2) is 0 Å². The second-order valence-electron chi connectivity index (χ2n) is 3.13. The van der Waals surface area contributed by atoms with Crippen LogP contribution in [0.3, 0.4) is 0 Å². The van der Waals surface area contributed by atoms with Crippen molar-refractivity contribution < 1.29 is 14.3 Å². The highest BCUT2D eigenvalue weighted by Gasteiger charge is 2.25. The first-order chi connectivity index (χ1) is 6.11. The SMILES string of the molecule is C[C@@H](NC(=O)[C@@H]1CCCO1)C(N)=O. The molecule has 1 aliphatic rings. The molecule has 74 valence electrons. The fraction of sp³-hybridized carbons (Fsp3) is 0.750. The maximum atomic E-state index is 11.3. The minimum Gasteiger partial charge on any atom is -0.368 e. The molecule has 1 fully saturated rings. The summed E-state index contributed by atoms with van der Waals surface area (Å²) in [6, 6.07) is -0.628. The number of nitrogens with one attached hydrogen (secondary N) is 1. The van der Waals surface area contributed by atoms with E-state index in [9.17, 15) is 9.59 Å². The summed E-state index contributed by atoms with van der Waals surface area (Å²) in [6.07, 6.45) is 1.21. The fourth-order valence-electron chi connectivity index (χ4n) is 1.16. The Hall–Kier alpha value is -1.10. The predicted molar refractivity (Wildman–Crippen MR) is 45.8 cm³/mol. The molecule has 3 N–H and O–H groups in total. The van der Waals surface area contributed by atoms with Crippen LogP contribution in [0.15, 0.2) is 0 Å². The van der Waals surface area contributed by atoms with Gasteiger partial charge >= 0.3 is 0 Å². The Bertz CT molecular complexity index is 211. The zero-order valence-corrected chi connectivity index (χ0v) is 7.58. The van der Waals surface area contributed by atoms with Gasteiger partial charge in [-0.3, -0.25) is 9.59 Å². The van der Waals surface area contributed by atoms with Gasteiger partial charge in [0.25, 0.3) is 0 Å². The molecule has 0 aromatic heterocycles. The van der Waals surface area contributed by atoms with Gasteiger partial charge in [-0.25, -0.2) is 0 Å². The number of rotatable bonds is 3. The first-order valence-corrected chi connectivity index (χ1v) is 4.32. The van der Waals surface area contributed by atoms with Gasteiger partial charge in [0, 0.05) is 6.61 Å². The summed E-state index contributed by atoms with van der Waals surface area (Å²) in [5.41, 5.74) is 4.99. The van der Waals surface area contributed by atoms with Crippen LogP contribution in [0.25, 0.3) is 0 Å². The average molecular weight is 186 g/mol. The van der Waals surface area contributed by atoms with Crippen LogP contribution < -0.4 is 11.1 Å². The van der Waals surface area contributed by atoms with E-state index in [1.807, 2.05) is 0 Å². The van der Waals surface area contributed by atoms with E-state index in [-0.39, 0.29) is 5.91 Å².